The summed E-state index contributed by atoms with van der Waals surface area (Å²) in [5.41, 5.74) is 7.66. The summed E-state index contributed by atoms with van der Waals surface area (Å²) in [4.78, 5) is 2.29. The van der Waals surface area contributed by atoms with Gasteiger partial charge in [0.15, 0.2) is 0 Å². The summed E-state index contributed by atoms with van der Waals surface area (Å²) in [6, 6.07) is 7.99. The van der Waals surface area contributed by atoms with Gasteiger partial charge in [0.1, 0.15) is 0 Å². The molecular weight excluding hydrogens is 306 g/mol. The largest absolute Gasteiger partial charge is 1.00 e. The maximum Gasteiger partial charge on any atom is 1.00 e. The minimum Gasteiger partial charge on any atom is -0.780 e. The van der Waals surface area contributed by atoms with E-state index >= 15 is 0 Å². The molecule has 0 spiro atoms. The Hall–Kier alpha value is 1.11. The average Bonchev–Trinajstić information content (AvgIpc) is 2.20. The first kappa shape index (κ1) is 25.1. The molecule has 0 saturated carbocycles. The average molecular weight is 322 g/mol. The minimum atomic E-state index is -4.33. The van der Waals surface area contributed by atoms with Gasteiger partial charge in [-0.25, -0.2) is 0 Å². The number of anilines is 2. The number of nitrogens with zero attached hydrogens (tertiary/aromatic N) is 1. The SMILES string of the molecule is CCN(CC)c1ccc(N)cc1.O=S([O-])([O-])=S.[Na+].[Na+]. The molecule has 0 aliphatic rings. The van der Waals surface area contributed by atoms with E-state index in [1.165, 1.54) is 5.69 Å². The molecule has 0 bridgehead atoms. The van der Waals surface area contributed by atoms with Gasteiger partial charge in [-0.05, 0) is 49.3 Å². The van der Waals surface area contributed by atoms with Gasteiger partial charge in [0, 0.05) is 24.5 Å². The summed E-state index contributed by atoms with van der Waals surface area (Å²) >= 11 is 3.24. The van der Waals surface area contributed by atoms with Crippen LogP contribution in [0.25, 0.3) is 0 Å². The third-order valence-electron chi connectivity index (χ3n) is 2.02. The number of nitrogen functional groups attached to an aromatic ring is 1. The smallest absolute Gasteiger partial charge is 0.780 e. The Labute approximate surface area is 164 Å². The van der Waals surface area contributed by atoms with Gasteiger partial charge in [-0.15, -0.1) is 9.05 Å². The zero-order chi connectivity index (χ0) is 13.5. The van der Waals surface area contributed by atoms with Crippen LogP contribution in [0, 0.1) is 0 Å². The van der Waals surface area contributed by atoms with Crippen molar-refractivity contribution in [2.75, 3.05) is 23.7 Å². The first-order valence-electron chi connectivity index (χ1n) is 5.05. The maximum absolute atomic E-state index is 8.89. The maximum atomic E-state index is 8.89. The molecule has 0 unspecified atom stereocenters. The number of nitrogens with two attached hydrogens (primary N) is 1. The van der Waals surface area contributed by atoms with Crippen LogP contribution in [0.3, 0.4) is 0 Å². The van der Waals surface area contributed by atoms with Crippen LogP contribution in [0.2, 0.25) is 0 Å². The van der Waals surface area contributed by atoms with Crippen molar-refractivity contribution in [2.45, 2.75) is 13.8 Å². The van der Waals surface area contributed by atoms with E-state index in [-0.39, 0.29) is 59.1 Å². The predicted octanol–water partition coefficient (Wildman–Crippen LogP) is -4.88. The fraction of sp³-hybridized carbons (Fsp3) is 0.400. The van der Waals surface area contributed by atoms with E-state index in [1.54, 1.807) is 0 Å². The molecule has 0 aromatic heterocycles. The topological polar surface area (TPSA) is 92.5 Å². The summed E-state index contributed by atoms with van der Waals surface area (Å²) in [7, 11) is -4.33. The number of hydrogen-bond acceptors (Lipinski definition) is 6. The van der Waals surface area contributed by atoms with Crippen LogP contribution >= 0.6 is 0 Å². The normalized spacial score (nSPS) is 9.26. The van der Waals surface area contributed by atoms with Gasteiger partial charge in [0.25, 0.3) is 0 Å². The second-order valence-electron chi connectivity index (χ2n) is 3.17. The summed E-state index contributed by atoms with van der Waals surface area (Å²) < 4.78 is 26.7. The van der Waals surface area contributed by atoms with Crippen LogP contribution in [-0.4, -0.2) is 26.4 Å². The van der Waals surface area contributed by atoms with Gasteiger partial charge in [0.05, 0.1) is 0 Å². The summed E-state index contributed by atoms with van der Waals surface area (Å²) in [6.45, 7) is 6.39. The van der Waals surface area contributed by atoms with Crippen molar-refractivity contribution >= 4 is 31.6 Å². The third kappa shape index (κ3) is 15.3. The zero-order valence-electron chi connectivity index (χ0n) is 11.8. The molecule has 0 radical (unpaired) electrons. The second-order valence-corrected chi connectivity index (χ2v) is 5.21. The fourth-order valence-corrected chi connectivity index (χ4v) is 1.27. The van der Waals surface area contributed by atoms with E-state index in [0.717, 1.165) is 18.8 Å². The van der Waals surface area contributed by atoms with Crippen LogP contribution in [-0.2, 0) is 20.2 Å². The molecule has 0 heterocycles. The van der Waals surface area contributed by atoms with Crippen molar-refractivity contribution in [1.82, 2.24) is 0 Å². The number of benzene rings is 1. The van der Waals surface area contributed by atoms with Crippen molar-refractivity contribution in [3.8, 4) is 0 Å². The van der Waals surface area contributed by atoms with Gasteiger partial charge in [-0.2, -0.15) is 0 Å². The van der Waals surface area contributed by atoms with E-state index in [1.807, 2.05) is 12.1 Å². The van der Waals surface area contributed by atoms with Crippen molar-refractivity contribution < 1.29 is 72.4 Å². The Morgan fingerprint density at radius 2 is 1.47 bits per heavy atom. The number of hydrogen-bond donors (Lipinski definition) is 1. The van der Waals surface area contributed by atoms with Crippen molar-refractivity contribution in [1.29, 1.82) is 0 Å². The van der Waals surface area contributed by atoms with Gasteiger partial charge in [-0.3, -0.25) is 4.21 Å². The first-order chi connectivity index (χ1) is 7.77. The Balaban J connectivity index is -0.000000320. The van der Waals surface area contributed by atoms with Gasteiger partial charge in [-0.1, -0.05) is 0 Å². The molecule has 98 valence electrons. The third-order valence-corrected chi connectivity index (χ3v) is 2.02. The Bertz CT molecular complexity index is 415. The molecular formula is C10H16N2Na2O3S2. The molecule has 0 atom stereocenters. The molecule has 0 saturated heterocycles. The van der Waals surface area contributed by atoms with E-state index in [2.05, 4.69) is 42.1 Å². The predicted molar refractivity (Wildman–Crippen MR) is 71.5 cm³/mol. The first-order valence-corrected chi connectivity index (χ1v) is 7.38. The van der Waals surface area contributed by atoms with E-state index < -0.39 is 9.05 Å². The molecule has 5 nitrogen and oxygen atoms in total. The summed E-state index contributed by atoms with van der Waals surface area (Å²) in [5, 5.41) is 0. The zero-order valence-corrected chi connectivity index (χ0v) is 17.4. The molecule has 0 amide bonds. The molecule has 1 rings (SSSR count). The molecule has 2 N–H and O–H groups in total. The van der Waals surface area contributed by atoms with E-state index in [4.69, 9.17) is 19.0 Å². The molecule has 0 aliphatic carbocycles. The Kier molecular flexibility index (Phi) is 16.9. The standard InChI is InChI=1S/C10H16N2.2Na.H2O3S2/c1-3-12(4-2)10-7-5-9(11)6-8-10;;;1-5(2,3)4/h5-8H,3-4,11H2,1-2H3;;;(H2,1,2,3,4)/q;2*+1;/p-2. The molecule has 0 fully saturated rings. The monoisotopic (exact) mass is 322 g/mol. The molecule has 1 aromatic carbocycles. The molecule has 0 aliphatic heterocycles. The van der Waals surface area contributed by atoms with Crippen LogP contribution in [0.15, 0.2) is 24.3 Å². The van der Waals surface area contributed by atoms with Crippen molar-refractivity contribution in [2.24, 2.45) is 0 Å². The molecule has 1 aromatic rings. The van der Waals surface area contributed by atoms with Crippen LogP contribution in [0.5, 0.6) is 0 Å². The van der Waals surface area contributed by atoms with Crippen LogP contribution < -0.4 is 69.7 Å². The second kappa shape index (κ2) is 12.8. The minimum absolute atomic E-state index is 0. The number of rotatable bonds is 3. The fourth-order valence-electron chi connectivity index (χ4n) is 1.27. The van der Waals surface area contributed by atoms with Gasteiger partial charge >= 0.3 is 59.1 Å². The van der Waals surface area contributed by atoms with Crippen LogP contribution in [0.1, 0.15) is 13.8 Å². The Morgan fingerprint density at radius 1 is 1.16 bits per heavy atom. The van der Waals surface area contributed by atoms with Crippen LogP contribution in [0.4, 0.5) is 11.4 Å². The Morgan fingerprint density at radius 3 is 1.74 bits per heavy atom. The van der Waals surface area contributed by atoms with Gasteiger partial charge in [0.2, 0.25) is 0 Å². The van der Waals surface area contributed by atoms with E-state index in [0.29, 0.717) is 0 Å². The quantitative estimate of drug-likeness (QED) is 0.443. The van der Waals surface area contributed by atoms with Crippen molar-refractivity contribution in [3.05, 3.63) is 24.3 Å². The van der Waals surface area contributed by atoms with Gasteiger partial charge < -0.3 is 19.7 Å². The summed E-state index contributed by atoms with van der Waals surface area (Å²) in [6.07, 6.45) is 0. The molecule has 19 heavy (non-hydrogen) atoms. The van der Waals surface area contributed by atoms with E-state index in [9.17, 15) is 0 Å². The van der Waals surface area contributed by atoms with Crippen molar-refractivity contribution in [3.63, 3.8) is 0 Å². The summed E-state index contributed by atoms with van der Waals surface area (Å²) in [5.74, 6) is 0. The molecule has 9 heteroatoms.